The first-order valence-electron chi connectivity index (χ1n) is 8.65. The van der Waals surface area contributed by atoms with Crippen LogP contribution in [0.4, 0.5) is 0 Å². The van der Waals surface area contributed by atoms with Crippen molar-refractivity contribution in [2.45, 2.75) is 46.0 Å². The van der Waals surface area contributed by atoms with E-state index in [1.165, 1.54) is 18.4 Å². The van der Waals surface area contributed by atoms with E-state index in [-0.39, 0.29) is 5.97 Å². The molecule has 0 aromatic heterocycles. The zero-order chi connectivity index (χ0) is 17.4. The number of esters is 1. The summed E-state index contributed by atoms with van der Waals surface area (Å²) in [5, 5.41) is 0. The van der Waals surface area contributed by atoms with Gasteiger partial charge in [0.1, 0.15) is 11.5 Å². The number of carbonyl (C=O) groups is 1. The Kier molecular flexibility index (Phi) is 6.86. The summed E-state index contributed by atoms with van der Waals surface area (Å²) in [6.07, 6.45) is 3.40. The second-order valence-electron chi connectivity index (χ2n) is 6.19. The third-order valence-corrected chi connectivity index (χ3v) is 3.86. The lowest BCUT2D eigenvalue weighted by Crippen LogP contribution is -2.08. The van der Waals surface area contributed by atoms with Gasteiger partial charge in [0.2, 0.25) is 0 Å². The summed E-state index contributed by atoms with van der Waals surface area (Å²) < 4.78 is 11.1. The van der Waals surface area contributed by atoms with Gasteiger partial charge in [0, 0.05) is 0 Å². The summed E-state index contributed by atoms with van der Waals surface area (Å²) in [5.41, 5.74) is 1.76. The molecule has 0 aliphatic carbocycles. The third-order valence-electron chi connectivity index (χ3n) is 3.86. The molecule has 0 aliphatic rings. The number of unbranched alkanes of at least 4 members (excludes halogenated alkanes) is 2. The minimum atomic E-state index is -0.345. The molecule has 0 spiro atoms. The quantitative estimate of drug-likeness (QED) is 0.360. The van der Waals surface area contributed by atoms with E-state index in [9.17, 15) is 4.79 Å². The van der Waals surface area contributed by atoms with Crippen molar-refractivity contribution in [2.75, 3.05) is 6.61 Å². The molecule has 0 unspecified atom stereocenters. The zero-order valence-corrected chi connectivity index (χ0v) is 14.7. The molecule has 0 aliphatic heterocycles. The molecule has 3 heteroatoms. The van der Waals surface area contributed by atoms with Gasteiger partial charge >= 0.3 is 5.97 Å². The minimum Gasteiger partial charge on any atom is -0.494 e. The number of hydrogen-bond donors (Lipinski definition) is 0. The van der Waals surface area contributed by atoms with Gasteiger partial charge in [0.05, 0.1) is 12.2 Å². The first kappa shape index (κ1) is 18.1. The fourth-order valence-corrected chi connectivity index (χ4v) is 2.32. The van der Waals surface area contributed by atoms with Crippen molar-refractivity contribution in [3.8, 4) is 11.5 Å². The summed E-state index contributed by atoms with van der Waals surface area (Å²) in [6.45, 7) is 7.13. The molecule has 0 amide bonds. The van der Waals surface area contributed by atoms with Crippen molar-refractivity contribution >= 4 is 5.97 Å². The van der Waals surface area contributed by atoms with Crippen LogP contribution in [0.1, 0.15) is 61.9 Å². The highest BCUT2D eigenvalue weighted by atomic mass is 16.5. The molecule has 24 heavy (non-hydrogen) atoms. The molecule has 0 saturated carbocycles. The molecule has 0 radical (unpaired) electrons. The van der Waals surface area contributed by atoms with Gasteiger partial charge in [-0.25, -0.2) is 4.79 Å². The van der Waals surface area contributed by atoms with E-state index < -0.39 is 0 Å². The molecule has 3 nitrogen and oxygen atoms in total. The topological polar surface area (TPSA) is 35.5 Å². The van der Waals surface area contributed by atoms with E-state index in [2.05, 4.69) is 20.8 Å². The SMILES string of the molecule is CCCCCOc1ccc(OC(=O)c2ccc(C(C)C)cc2)cc1. The first-order valence-corrected chi connectivity index (χ1v) is 8.65. The summed E-state index contributed by atoms with van der Waals surface area (Å²) >= 11 is 0. The van der Waals surface area contributed by atoms with E-state index in [1.807, 2.05) is 36.4 Å². The summed E-state index contributed by atoms with van der Waals surface area (Å²) in [5.74, 6) is 1.42. The van der Waals surface area contributed by atoms with Gasteiger partial charge in [0.15, 0.2) is 0 Å². The van der Waals surface area contributed by atoms with E-state index in [0.717, 1.165) is 18.8 Å². The number of benzene rings is 2. The smallest absolute Gasteiger partial charge is 0.343 e. The average Bonchev–Trinajstić information content (AvgIpc) is 2.60. The Bertz CT molecular complexity index is 627. The van der Waals surface area contributed by atoms with Crippen molar-refractivity contribution < 1.29 is 14.3 Å². The zero-order valence-electron chi connectivity index (χ0n) is 14.7. The van der Waals surface area contributed by atoms with E-state index in [0.29, 0.717) is 17.2 Å². The maximum absolute atomic E-state index is 12.2. The molecule has 0 atom stereocenters. The van der Waals surface area contributed by atoms with Crippen LogP contribution in [-0.4, -0.2) is 12.6 Å². The number of ether oxygens (including phenoxy) is 2. The monoisotopic (exact) mass is 326 g/mol. The predicted octanol–water partition coefficient (Wildman–Crippen LogP) is 5.60. The molecule has 128 valence electrons. The van der Waals surface area contributed by atoms with Crippen molar-refractivity contribution in [1.29, 1.82) is 0 Å². The summed E-state index contributed by atoms with van der Waals surface area (Å²) in [4.78, 5) is 12.2. The van der Waals surface area contributed by atoms with Crippen LogP contribution in [-0.2, 0) is 0 Å². The molecule has 0 heterocycles. The lowest BCUT2D eigenvalue weighted by Gasteiger charge is -2.09. The van der Waals surface area contributed by atoms with Crippen molar-refractivity contribution in [3.05, 3.63) is 59.7 Å². The van der Waals surface area contributed by atoms with Crippen LogP contribution >= 0.6 is 0 Å². The highest BCUT2D eigenvalue weighted by molar-refractivity contribution is 5.91. The van der Waals surface area contributed by atoms with Gasteiger partial charge in [-0.1, -0.05) is 45.7 Å². The largest absolute Gasteiger partial charge is 0.494 e. The number of carbonyl (C=O) groups excluding carboxylic acids is 1. The molecule has 0 fully saturated rings. The van der Waals surface area contributed by atoms with Crippen LogP contribution in [0.25, 0.3) is 0 Å². The van der Waals surface area contributed by atoms with Crippen LogP contribution in [0.5, 0.6) is 11.5 Å². The Morgan fingerprint density at radius 3 is 2.12 bits per heavy atom. The lowest BCUT2D eigenvalue weighted by molar-refractivity contribution is 0.0734. The minimum absolute atomic E-state index is 0.345. The van der Waals surface area contributed by atoms with Crippen molar-refractivity contribution in [1.82, 2.24) is 0 Å². The van der Waals surface area contributed by atoms with Gasteiger partial charge in [-0.2, -0.15) is 0 Å². The molecule has 2 aromatic carbocycles. The summed E-state index contributed by atoms with van der Waals surface area (Å²) in [6, 6.07) is 14.7. The second kappa shape index (κ2) is 9.11. The maximum atomic E-state index is 12.2. The van der Waals surface area contributed by atoms with Crippen LogP contribution in [0.2, 0.25) is 0 Å². The maximum Gasteiger partial charge on any atom is 0.343 e. The number of rotatable bonds is 8. The van der Waals surface area contributed by atoms with E-state index in [1.54, 1.807) is 12.1 Å². The Morgan fingerprint density at radius 2 is 1.54 bits per heavy atom. The predicted molar refractivity (Wildman–Crippen MR) is 97.0 cm³/mol. The summed E-state index contributed by atoms with van der Waals surface area (Å²) in [7, 11) is 0. The first-order chi connectivity index (χ1) is 11.6. The second-order valence-corrected chi connectivity index (χ2v) is 6.19. The Balaban J connectivity index is 1.89. The van der Waals surface area contributed by atoms with Gasteiger partial charge in [-0.15, -0.1) is 0 Å². The molecular weight excluding hydrogens is 300 g/mol. The lowest BCUT2D eigenvalue weighted by atomic mass is 10.0. The van der Waals surface area contributed by atoms with E-state index >= 15 is 0 Å². The molecule has 2 aromatic rings. The fraction of sp³-hybridized carbons (Fsp3) is 0.381. The van der Waals surface area contributed by atoms with Crippen LogP contribution < -0.4 is 9.47 Å². The highest BCUT2D eigenvalue weighted by Crippen LogP contribution is 2.20. The molecular formula is C21H26O3. The van der Waals surface area contributed by atoms with Crippen LogP contribution in [0.3, 0.4) is 0 Å². The van der Waals surface area contributed by atoms with Crippen molar-refractivity contribution in [3.63, 3.8) is 0 Å². The van der Waals surface area contributed by atoms with Crippen molar-refractivity contribution in [2.24, 2.45) is 0 Å². The van der Waals surface area contributed by atoms with Gasteiger partial charge in [-0.3, -0.25) is 0 Å². The molecule has 0 N–H and O–H groups in total. The third kappa shape index (κ3) is 5.41. The van der Waals surface area contributed by atoms with Crippen LogP contribution in [0.15, 0.2) is 48.5 Å². The Hall–Kier alpha value is -2.29. The van der Waals surface area contributed by atoms with Gasteiger partial charge in [-0.05, 0) is 54.3 Å². The number of hydrogen-bond acceptors (Lipinski definition) is 3. The van der Waals surface area contributed by atoms with Gasteiger partial charge in [0.25, 0.3) is 0 Å². The average molecular weight is 326 g/mol. The molecule has 0 bridgehead atoms. The standard InChI is InChI=1S/C21H26O3/c1-4-5-6-15-23-19-11-13-20(14-12-19)24-21(22)18-9-7-17(8-10-18)16(2)3/h7-14,16H,4-6,15H2,1-3H3. The normalized spacial score (nSPS) is 10.7. The van der Waals surface area contributed by atoms with E-state index in [4.69, 9.17) is 9.47 Å². The highest BCUT2D eigenvalue weighted by Gasteiger charge is 2.09. The fourth-order valence-electron chi connectivity index (χ4n) is 2.32. The molecule has 2 rings (SSSR count). The van der Waals surface area contributed by atoms with Crippen LogP contribution in [0, 0.1) is 0 Å². The Labute approximate surface area is 144 Å². The Morgan fingerprint density at radius 1 is 0.917 bits per heavy atom. The molecule has 0 saturated heterocycles. The van der Waals surface area contributed by atoms with Gasteiger partial charge < -0.3 is 9.47 Å².